The number of rotatable bonds is 5. The van der Waals surface area contributed by atoms with Crippen molar-refractivity contribution >= 4 is 17.4 Å². The van der Waals surface area contributed by atoms with Gasteiger partial charge in [-0.05, 0) is 32.4 Å². The highest BCUT2D eigenvalue weighted by molar-refractivity contribution is 6.28. The highest BCUT2D eigenvalue weighted by Gasteiger charge is 2.23. The molecule has 0 amide bonds. The topological polar surface area (TPSA) is 65.3 Å². The van der Waals surface area contributed by atoms with E-state index < -0.39 is 0 Å². The predicted molar refractivity (Wildman–Crippen MR) is 97.2 cm³/mol. The van der Waals surface area contributed by atoms with Gasteiger partial charge in [-0.3, -0.25) is 4.68 Å². The Morgan fingerprint density at radius 2 is 2.16 bits per heavy atom. The average molecular weight is 366 g/mol. The van der Waals surface area contributed by atoms with Gasteiger partial charge < -0.3 is 14.4 Å². The van der Waals surface area contributed by atoms with E-state index in [4.69, 9.17) is 21.1 Å². The summed E-state index contributed by atoms with van der Waals surface area (Å²) < 4.78 is 12.6. The van der Waals surface area contributed by atoms with Crippen molar-refractivity contribution in [3.8, 4) is 11.3 Å². The lowest BCUT2D eigenvalue weighted by atomic mass is 10.1. The molecule has 0 saturated carbocycles. The van der Waals surface area contributed by atoms with Crippen molar-refractivity contribution in [3.05, 3.63) is 22.7 Å². The van der Waals surface area contributed by atoms with Gasteiger partial charge in [0.05, 0.1) is 43.8 Å². The Hall–Kier alpha value is -1.70. The first kappa shape index (κ1) is 18.1. The molecule has 0 aliphatic carbocycles. The first-order valence-electron chi connectivity index (χ1n) is 8.43. The number of morpholine rings is 1. The normalized spacial score (nSPS) is 18.0. The van der Waals surface area contributed by atoms with Gasteiger partial charge in [0, 0.05) is 31.0 Å². The van der Waals surface area contributed by atoms with Crippen LogP contribution in [0.5, 0.6) is 0 Å². The zero-order chi connectivity index (χ0) is 18.0. The van der Waals surface area contributed by atoms with E-state index in [0.29, 0.717) is 26.4 Å². The van der Waals surface area contributed by atoms with Gasteiger partial charge in [-0.15, -0.1) is 0 Å². The van der Waals surface area contributed by atoms with Crippen LogP contribution in [0.25, 0.3) is 11.3 Å². The molecule has 25 heavy (non-hydrogen) atoms. The van der Waals surface area contributed by atoms with Crippen LogP contribution in [0.1, 0.15) is 18.3 Å². The lowest BCUT2D eigenvalue weighted by Crippen LogP contribution is -2.44. The van der Waals surface area contributed by atoms with Crippen LogP contribution in [0, 0.1) is 13.8 Å². The first-order chi connectivity index (χ1) is 12.0. The molecule has 3 heterocycles. The molecule has 3 rings (SSSR count). The van der Waals surface area contributed by atoms with Crippen molar-refractivity contribution in [2.24, 2.45) is 0 Å². The number of aromatic nitrogens is 4. The van der Waals surface area contributed by atoms with Crippen molar-refractivity contribution in [1.29, 1.82) is 0 Å². The molecule has 2 aromatic heterocycles. The van der Waals surface area contributed by atoms with Crippen LogP contribution in [-0.4, -0.2) is 59.3 Å². The molecule has 0 unspecified atom stereocenters. The van der Waals surface area contributed by atoms with E-state index in [0.717, 1.165) is 35.0 Å². The van der Waals surface area contributed by atoms with E-state index >= 15 is 0 Å². The van der Waals surface area contributed by atoms with E-state index in [1.807, 2.05) is 24.6 Å². The third-order valence-corrected chi connectivity index (χ3v) is 4.66. The largest absolute Gasteiger partial charge is 0.383 e. The number of hydrogen-bond acceptors (Lipinski definition) is 6. The Morgan fingerprint density at radius 3 is 2.88 bits per heavy atom. The van der Waals surface area contributed by atoms with E-state index in [-0.39, 0.29) is 11.3 Å². The summed E-state index contributed by atoms with van der Waals surface area (Å²) in [5.41, 5.74) is 3.77. The maximum Gasteiger partial charge on any atom is 0.224 e. The van der Waals surface area contributed by atoms with Crippen LogP contribution < -0.4 is 4.90 Å². The van der Waals surface area contributed by atoms with Crippen LogP contribution in [0.4, 0.5) is 5.82 Å². The maximum atomic E-state index is 6.23. The van der Waals surface area contributed by atoms with E-state index in [1.165, 1.54) is 0 Å². The van der Waals surface area contributed by atoms with Gasteiger partial charge in [0.25, 0.3) is 0 Å². The Kier molecular flexibility index (Phi) is 5.56. The third-order valence-electron chi connectivity index (χ3n) is 4.49. The summed E-state index contributed by atoms with van der Waals surface area (Å²) in [6, 6.07) is 2.24. The fourth-order valence-corrected chi connectivity index (χ4v) is 3.39. The smallest absolute Gasteiger partial charge is 0.224 e. The number of nitrogens with zero attached hydrogens (tertiary/aromatic N) is 5. The van der Waals surface area contributed by atoms with Crippen LogP contribution in [0.2, 0.25) is 5.28 Å². The molecule has 1 saturated heterocycles. The molecule has 1 fully saturated rings. The van der Waals surface area contributed by atoms with Gasteiger partial charge in [0.15, 0.2) is 0 Å². The molecule has 136 valence electrons. The van der Waals surface area contributed by atoms with Crippen molar-refractivity contribution in [2.45, 2.75) is 33.4 Å². The third kappa shape index (κ3) is 3.78. The van der Waals surface area contributed by atoms with Gasteiger partial charge in [0.1, 0.15) is 5.82 Å². The summed E-state index contributed by atoms with van der Waals surface area (Å²) in [6.07, 6.45) is 0. The van der Waals surface area contributed by atoms with Gasteiger partial charge in [-0.2, -0.15) is 5.10 Å². The molecular formula is C17H24ClN5O2. The fourth-order valence-electron chi connectivity index (χ4n) is 3.21. The second kappa shape index (κ2) is 7.68. The lowest BCUT2D eigenvalue weighted by molar-refractivity contribution is 0.0985. The standard InChI is InChI=1S/C17H24ClN5O2/c1-11-10-25-8-5-22(11)15-9-14(19-17(18)20-15)16-12(2)21-23(13(16)3)6-7-24-4/h9,11H,5-8,10H2,1-4H3/t11-/m1/s1. The highest BCUT2D eigenvalue weighted by atomic mass is 35.5. The molecule has 0 bridgehead atoms. The molecule has 2 aromatic rings. The summed E-state index contributed by atoms with van der Waals surface area (Å²) in [7, 11) is 1.69. The van der Waals surface area contributed by atoms with Crippen molar-refractivity contribution in [3.63, 3.8) is 0 Å². The Bertz CT molecular complexity index is 749. The van der Waals surface area contributed by atoms with Gasteiger partial charge in [-0.1, -0.05) is 0 Å². The zero-order valence-corrected chi connectivity index (χ0v) is 15.9. The fraction of sp³-hybridized carbons (Fsp3) is 0.588. The van der Waals surface area contributed by atoms with Crippen LogP contribution >= 0.6 is 11.6 Å². The number of anilines is 1. The van der Waals surface area contributed by atoms with E-state index in [1.54, 1.807) is 7.11 Å². The van der Waals surface area contributed by atoms with E-state index in [9.17, 15) is 0 Å². The summed E-state index contributed by atoms with van der Waals surface area (Å²) in [6.45, 7) is 9.62. The van der Waals surface area contributed by atoms with Crippen LogP contribution in [0.3, 0.4) is 0 Å². The molecule has 0 radical (unpaired) electrons. The highest BCUT2D eigenvalue weighted by Crippen LogP contribution is 2.30. The lowest BCUT2D eigenvalue weighted by Gasteiger charge is -2.34. The number of halogens is 1. The number of methoxy groups -OCH3 is 1. The summed E-state index contributed by atoms with van der Waals surface area (Å²) >= 11 is 6.23. The number of ether oxygens (including phenoxy) is 2. The van der Waals surface area contributed by atoms with Gasteiger partial charge in [-0.25, -0.2) is 9.97 Å². The van der Waals surface area contributed by atoms with Crippen molar-refractivity contribution < 1.29 is 9.47 Å². The first-order valence-corrected chi connectivity index (χ1v) is 8.81. The van der Waals surface area contributed by atoms with Crippen LogP contribution in [0.15, 0.2) is 6.07 Å². The maximum absolute atomic E-state index is 6.23. The predicted octanol–water partition coefficient (Wildman–Crippen LogP) is 2.48. The second-order valence-electron chi connectivity index (χ2n) is 6.26. The molecule has 0 spiro atoms. The minimum absolute atomic E-state index is 0.245. The molecule has 7 nitrogen and oxygen atoms in total. The van der Waals surface area contributed by atoms with Gasteiger partial charge in [0.2, 0.25) is 5.28 Å². The Balaban J connectivity index is 1.99. The average Bonchev–Trinajstić information content (AvgIpc) is 2.86. The summed E-state index contributed by atoms with van der Waals surface area (Å²) in [5, 5.41) is 4.86. The quantitative estimate of drug-likeness (QED) is 0.758. The van der Waals surface area contributed by atoms with Crippen molar-refractivity contribution in [2.75, 3.05) is 38.4 Å². The Morgan fingerprint density at radius 1 is 1.36 bits per heavy atom. The molecule has 0 N–H and O–H groups in total. The molecule has 8 heteroatoms. The summed E-state index contributed by atoms with van der Waals surface area (Å²) in [4.78, 5) is 11.1. The molecule has 0 aromatic carbocycles. The number of aryl methyl sites for hydroxylation is 1. The van der Waals surface area contributed by atoms with Crippen molar-refractivity contribution in [1.82, 2.24) is 19.7 Å². The second-order valence-corrected chi connectivity index (χ2v) is 6.60. The Labute approximate surface area is 152 Å². The zero-order valence-electron chi connectivity index (χ0n) is 15.1. The SMILES string of the molecule is COCCn1nc(C)c(-c2cc(N3CCOC[C@H]3C)nc(Cl)n2)c1C. The molecule has 1 aliphatic rings. The number of hydrogen-bond donors (Lipinski definition) is 0. The monoisotopic (exact) mass is 365 g/mol. The minimum Gasteiger partial charge on any atom is -0.383 e. The summed E-state index contributed by atoms with van der Waals surface area (Å²) in [5.74, 6) is 0.828. The molecule has 1 atom stereocenters. The van der Waals surface area contributed by atoms with Crippen LogP contribution in [-0.2, 0) is 16.0 Å². The molecule has 1 aliphatic heterocycles. The van der Waals surface area contributed by atoms with E-state index in [2.05, 4.69) is 26.9 Å². The van der Waals surface area contributed by atoms with Gasteiger partial charge >= 0.3 is 0 Å². The minimum atomic E-state index is 0.245. The molecular weight excluding hydrogens is 342 g/mol.